The number of aromatic nitrogens is 6. The predicted octanol–water partition coefficient (Wildman–Crippen LogP) is 2.41. The standard InChI is InChI=1S/C15H18N8S/c1-3-23-9-17-22-15(23)24-8-12-19-13(16)21-14(20-12)18-11-6-4-10(2)5-7-11/h4-7,9H,3,8H2,1-2H3,(H3,16,18,19,20,21). The first-order valence-corrected chi connectivity index (χ1v) is 8.47. The Kier molecular flexibility index (Phi) is 4.90. The molecule has 0 radical (unpaired) electrons. The summed E-state index contributed by atoms with van der Waals surface area (Å²) >= 11 is 1.51. The van der Waals surface area contributed by atoms with E-state index in [0.717, 1.165) is 17.4 Å². The maximum absolute atomic E-state index is 5.80. The van der Waals surface area contributed by atoms with E-state index < -0.39 is 0 Å². The van der Waals surface area contributed by atoms with E-state index in [9.17, 15) is 0 Å². The van der Waals surface area contributed by atoms with Gasteiger partial charge < -0.3 is 15.6 Å². The summed E-state index contributed by atoms with van der Waals surface area (Å²) < 4.78 is 1.96. The molecule has 0 aliphatic carbocycles. The predicted molar refractivity (Wildman–Crippen MR) is 94.0 cm³/mol. The molecule has 0 saturated carbocycles. The molecule has 124 valence electrons. The lowest BCUT2D eigenvalue weighted by molar-refractivity contribution is 0.680. The van der Waals surface area contributed by atoms with Gasteiger partial charge in [-0.3, -0.25) is 0 Å². The minimum absolute atomic E-state index is 0.187. The average molecular weight is 342 g/mol. The molecule has 2 aromatic heterocycles. The molecule has 0 fully saturated rings. The van der Waals surface area contributed by atoms with Gasteiger partial charge in [0.2, 0.25) is 11.9 Å². The Bertz CT molecular complexity index is 815. The second-order valence-electron chi connectivity index (χ2n) is 5.11. The van der Waals surface area contributed by atoms with Gasteiger partial charge in [-0.2, -0.15) is 15.0 Å². The third kappa shape index (κ3) is 3.99. The molecule has 0 amide bonds. The van der Waals surface area contributed by atoms with Gasteiger partial charge in [-0.15, -0.1) is 10.2 Å². The Hall–Kier alpha value is -2.68. The Morgan fingerprint density at radius 3 is 2.71 bits per heavy atom. The smallest absolute Gasteiger partial charge is 0.232 e. The molecule has 0 unspecified atom stereocenters. The van der Waals surface area contributed by atoms with Crippen molar-refractivity contribution in [3.63, 3.8) is 0 Å². The zero-order valence-corrected chi connectivity index (χ0v) is 14.3. The number of rotatable bonds is 6. The van der Waals surface area contributed by atoms with Crippen LogP contribution < -0.4 is 11.1 Å². The Morgan fingerprint density at radius 2 is 1.96 bits per heavy atom. The SMILES string of the molecule is CCn1cnnc1SCc1nc(N)nc(Nc2ccc(C)cc2)n1. The van der Waals surface area contributed by atoms with Gasteiger partial charge in [0.1, 0.15) is 12.2 Å². The van der Waals surface area contributed by atoms with E-state index in [0.29, 0.717) is 17.5 Å². The first-order chi connectivity index (χ1) is 11.6. The zero-order valence-electron chi connectivity index (χ0n) is 13.5. The molecule has 9 heteroatoms. The molecular formula is C15H18N8S. The molecule has 2 heterocycles. The van der Waals surface area contributed by atoms with Crippen LogP contribution >= 0.6 is 11.8 Å². The van der Waals surface area contributed by atoms with E-state index in [2.05, 4.69) is 30.5 Å². The van der Waals surface area contributed by atoms with Gasteiger partial charge in [0.15, 0.2) is 5.16 Å². The Morgan fingerprint density at radius 1 is 1.17 bits per heavy atom. The zero-order chi connectivity index (χ0) is 16.9. The summed E-state index contributed by atoms with van der Waals surface area (Å²) in [7, 11) is 0. The third-order valence-electron chi connectivity index (χ3n) is 3.26. The number of nitrogens with two attached hydrogens (primary N) is 1. The summed E-state index contributed by atoms with van der Waals surface area (Å²) in [6, 6.07) is 7.96. The van der Waals surface area contributed by atoms with Crippen molar-refractivity contribution in [2.45, 2.75) is 31.3 Å². The number of nitrogens with one attached hydrogen (secondary N) is 1. The van der Waals surface area contributed by atoms with E-state index in [1.54, 1.807) is 6.33 Å². The summed E-state index contributed by atoms with van der Waals surface area (Å²) in [6.45, 7) is 4.89. The van der Waals surface area contributed by atoms with Crippen molar-refractivity contribution in [1.29, 1.82) is 0 Å². The van der Waals surface area contributed by atoms with Crippen LogP contribution in [0.4, 0.5) is 17.6 Å². The molecule has 3 N–H and O–H groups in total. The second-order valence-corrected chi connectivity index (χ2v) is 6.06. The first kappa shape index (κ1) is 16.2. The maximum atomic E-state index is 5.80. The van der Waals surface area contributed by atoms with Crippen molar-refractivity contribution in [2.24, 2.45) is 0 Å². The number of benzene rings is 1. The van der Waals surface area contributed by atoms with Gasteiger partial charge >= 0.3 is 0 Å². The highest BCUT2D eigenvalue weighted by molar-refractivity contribution is 7.98. The number of hydrogen-bond acceptors (Lipinski definition) is 8. The topological polar surface area (TPSA) is 107 Å². The molecule has 3 aromatic rings. The van der Waals surface area contributed by atoms with Crippen molar-refractivity contribution < 1.29 is 0 Å². The molecule has 1 aromatic carbocycles. The lowest BCUT2D eigenvalue weighted by Crippen LogP contribution is -2.07. The van der Waals surface area contributed by atoms with Crippen LogP contribution in [0.1, 0.15) is 18.3 Å². The van der Waals surface area contributed by atoms with Crippen molar-refractivity contribution >= 4 is 29.3 Å². The van der Waals surface area contributed by atoms with Crippen LogP contribution in [0.3, 0.4) is 0 Å². The van der Waals surface area contributed by atoms with Crippen LogP contribution in [0.2, 0.25) is 0 Å². The van der Waals surface area contributed by atoms with E-state index in [-0.39, 0.29) is 5.95 Å². The lowest BCUT2D eigenvalue weighted by atomic mass is 10.2. The molecule has 24 heavy (non-hydrogen) atoms. The van der Waals surface area contributed by atoms with Crippen LogP contribution in [-0.4, -0.2) is 29.7 Å². The number of nitrogen functional groups attached to an aromatic ring is 1. The van der Waals surface area contributed by atoms with Crippen LogP contribution in [0.15, 0.2) is 35.7 Å². The van der Waals surface area contributed by atoms with Gasteiger partial charge in [-0.1, -0.05) is 29.5 Å². The van der Waals surface area contributed by atoms with Crippen molar-refractivity contribution in [2.75, 3.05) is 11.1 Å². The fourth-order valence-electron chi connectivity index (χ4n) is 2.03. The van der Waals surface area contributed by atoms with Gasteiger partial charge in [0.05, 0.1) is 5.75 Å². The van der Waals surface area contributed by atoms with Crippen LogP contribution in [0.5, 0.6) is 0 Å². The highest BCUT2D eigenvalue weighted by Crippen LogP contribution is 2.20. The van der Waals surface area contributed by atoms with Crippen molar-refractivity contribution in [3.05, 3.63) is 42.0 Å². The molecule has 0 atom stereocenters. The van der Waals surface area contributed by atoms with E-state index in [1.807, 2.05) is 42.7 Å². The summed E-state index contributed by atoms with van der Waals surface area (Å²) in [5.41, 5.74) is 7.88. The quantitative estimate of drug-likeness (QED) is 0.658. The van der Waals surface area contributed by atoms with Crippen molar-refractivity contribution in [3.8, 4) is 0 Å². The molecule has 3 rings (SSSR count). The monoisotopic (exact) mass is 342 g/mol. The fourth-order valence-corrected chi connectivity index (χ4v) is 2.86. The molecular weight excluding hydrogens is 324 g/mol. The number of thioether (sulfide) groups is 1. The van der Waals surface area contributed by atoms with E-state index in [4.69, 9.17) is 5.73 Å². The van der Waals surface area contributed by atoms with Crippen molar-refractivity contribution in [1.82, 2.24) is 29.7 Å². The maximum Gasteiger partial charge on any atom is 0.232 e. The number of nitrogens with zero attached hydrogens (tertiary/aromatic N) is 6. The van der Waals surface area contributed by atoms with Gasteiger partial charge in [-0.05, 0) is 26.0 Å². The van der Waals surface area contributed by atoms with E-state index >= 15 is 0 Å². The fraction of sp³-hybridized carbons (Fsp3) is 0.267. The minimum Gasteiger partial charge on any atom is -0.368 e. The number of aryl methyl sites for hydroxylation is 2. The molecule has 0 saturated heterocycles. The highest BCUT2D eigenvalue weighted by Gasteiger charge is 2.09. The molecule has 0 bridgehead atoms. The summed E-state index contributed by atoms with van der Waals surface area (Å²) in [4.78, 5) is 12.7. The minimum atomic E-state index is 0.187. The largest absolute Gasteiger partial charge is 0.368 e. The van der Waals surface area contributed by atoms with E-state index in [1.165, 1.54) is 17.3 Å². The molecule has 0 aliphatic heterocycles. The third-order valence-corrected chi connectivity index (χ3v) is 4.23. The lowest BCUT2D eigenvalue weighted by Gasteiger charge is -2.07. The number of anilines is 3. The Balaban J connectivity index is 1.72. The van der Waals surface area contributed by atoms with Crippen LogP contribution in [0, 0.1) is 6.92 Å². The second kappa shape index (κ2) is 7.26. The Labute approximate surface area is 144 Å². The van der Waals surface area contributed by atoms with Gasteiger partial charge in [-0.25, -0.2) is 0 Å². The average Bonchev–Trinajstić information content (AvgIpc) is 3.02. The summed E-state index contributed by atoms with van der Waals surface area (Å²) in [6.07, 6.45) is 1.70. The highest BCUT2D eigenvalue weighted by atomic mass is 32.2. The van der Waals surface area contributed by atoms with Gasteiger partial charge in [0.25, 0.3) is 0 Å². The molecule has 0 spiro atoms. The first-order valence-electron chi connectivity index (χ1n) is 7.48. The van der Waals surface area contributed by atoms with Crippen LogP contribution in [0.25, 0.3) is 0 Å². The van der Waals surface area contributed by atoms with Gasteiger partial charge in [0, 0.05) is 12.2 Å². The molecule has 8 nitrogen and oxygen atoms in total. The molecule has 0 aliphatic rings. The van der Waals surface area contributed by atoms with Crippen LogP contribution in [-0.2, 0) is 12.3 Å². The summed E-state index contributed by atoms with van der Waals surface area (Å²) in [5.74, 6) is 1.74. The normalized spacial score (nSPS) is 10.8. The summed E-state index contributed by atoms with van der Waals surface area (Å²) in [5, 5.41) is 12.0. The number of hydrogen-bond donors (Lipinski definition) is 2.